The van der Waals surface area contributed by atoms with E-state index >= 15 is 0 Å². The summed E-state index contributed by atoms with van der Waals surface area (Å²) in [4.78, 5) is 14.0. The number of rotatable bonds is 4. The fourth-order valence-corrected chi connectivity index (χ4v) is 2.57. The number of hydrogen-bond donors (Lipinski definition) is 0. The standard InChI is InChI=1S/C16H17ClF2N2O/c1-4-20(3)13-9-10(17)16(22)21(5-2)15(13)14-11(18)7-6-8-12(14)19/h6-9H,4-5H2,1-3H3. The Bertz CT molecular complexity index is 738. The van der Waals surface area contributed by atoms with Crippen LogP contribution in [0.25, 0.3) is 11.3 Å². The van der Waals surface area contributed by atoms with Crippen LogP contribution < -0.4 is 10.5 Å². The van der Waals surface area contributed by atoms with Gasteiger partial charge in [-0.15, -0.1) is 0 Å². The smallest absolute Gasteiger partial charge is 0.269 e. The summed E-state index contributed by atoms with van der Waals surface area (Å²) in [6, 6.07) is 5.10. The van der Waals surface area contributed by atoms with Gasteiger partial charge in [-0.1, -0.05) is 17.7 Å². The predicted molar refractivity (Wildman–Crippen MR) is 85.7 cm³/mol. The first kappa shape index (κ1) is 16.5. The molecule has 1 aromatic heterocycles. The number of benzene rings is 1. The van der Waals surface area contributed by atoms with Gasteiger partial charge in [0.2, 0.25) is 0 Å². The van der Waals surface area contributed by atoms with Gasteiger partial charge in [0.1, 0.15) is 16.7 Å². The molecule has 0 N–H and O–H groups in total. The highest BCUT2D eigenvalue weighted by molar-refractivity contribution is 6.30. The van der Waals surface area contributed by atoms with E-state index in [-0.39, 0.29) is 22.8 Å². The molecule has 22 heavy (non-hydrogen) atoms. The Morgan fingerprint density at radius 2 is 1.82 bits per heavy atom. The van der Waals surface area contributed by atoms with Crippen LogP contribution in [0.4, 0.5) is 14.5 Å². The highest BCUT2D eigenvalue weighted by Gasteiger charge is 2.22. The van der Waals surface area contributed by atoms with E-state index < -0.39 is 17.2 Å². The lowest BCUT2D eigenvalue weighted by atomic mass is 10.1. The van der Waals surface area contributed by atoms with Crippen LogP contribution in [0, 0.1) is 11.6 Å². The van der Waals surface area contributed by atoms with Gasteiger partial charge in [-0.05, 0) is 32.0 Å². The van der Waals surface area contributed by atoms with Crippen molar-refractivity contribution in [1.82, 2.24) is 4.57 Å². The highest BCUT2D eigenvalue weighted by Crippen LogP contribution is 2.34. The molecule has 2 rings (SSSR count). The fraction of sp³-hybridized carbons (Fsp3) is 0.312. The molecular formula is C16H17ClF2N2O. The molecular weight excluding hydrogens is 310 g/mol. The molecule has 0 aliphatic heterocycles. The van der Waals surface area contributed by atoms with Crippen molar-refractivity contribution in [3.63, 3.8) is 0 Å². The largest absolute Gasteiger partial charge is 0.373 e. The summed E-state index contributed by atoms with van der Waals surface area (Å²) in [5.41, 5.74) is 0.0401. The molecule has 3 nitrogen and oxygen atoms in total. The molecule has 0 unspecified atom stereocenters. The Morgan fingerprint density at radius 3 is 2.32 bits per heavy atom. The average molecular weight is 327 g/mol. The average Bonchev–Trinajstić information content (AvgIpc) is 2.49. The maximum absolute atomic E-state index is 14.2. The molecule has 0 radical (unpaired) electrons. The van der Waals surface area contributed by atoms with Crippen LogP contribution in [0.1, 0.15) is 13.8 Å². The Balaban J connectivity index is 2.95. The van der Waals surface area contributed by atoms with Crippen LogP contribution in [0.15, 0.2) is 29.1 Å². The van der Waals surface area contributed by atoms with Crippen molar-refractivity contribution in [2.24, 2.45) is 0 Å². The van der Waals surface area contributed by atoms with E-state index in [4.69, 9.17) is 11.6 Å². The topological polar surface area (TPSA) is 25.2 Å². The molecule has 2 aromatic rings. The normalized spacial score (nSPS) is 10.8. The van der Waals surface area contributed by atoms with Crippen LogP contribution >= 0.6 is 11.6 Å². The summed E-state index contributed by atoms with van der Waals surface area (Å²) in [5.74, 6) is -1.43. The van der Waals surface area contributed by atoms with E-state index in [1.165, 1.54) is 28.8 Å². The van der Waals surface area contributed by atoms with Gasteiger partial charge in [-0.3, -0.25) is 4.79 Å². The third-order valence-corrected chi connectivity index (χ3v) is 3.90. The lowest BCUT2D eigenvalue weighted by Gasteiger charge is -2.24. The second-order valence-corrected chi connectivity index (χ2v) is 5.29. The summed E-state index contributed by atoms with van der Waals surface area (Å²) in [5, 5.41) is 0.0256. The quantitative estimate of drug-likeness (QED) is 0.850. The first-order chi connectivity index (χ1) is 10.4. The molecule has 6 heteroatoms. The van der Waals surface area contributed by atoms with Crippen LogP contribution in [0.5, 0.6) is 0 Å². The molecule has 0 aliphatic carbocycles. The summed E-state index contributed by atoms with van der Waals surface area (Å²) in [6.07, 6.45) is 0. The number of anilines is 1. The number of aromatic nitrogens is 1. The molecule has 0 saturated carbocycles. The number of hydrogen-bond acceptors (Lipinski definition) is 2. The van der Waals surface area contributed by atoms with Crippen LogP contribution in [-0.4, -0.2) is 18.2 Å². The molecule has 1 aromatic carbocycles. The van der Waals surface area contributed by atoms with Gasteiger partial charge >= 0.3 is 0 Å². The maximum atomic E-state index is 14.2. The third kappa shape index (κ3) is 2.73. The predicted octanol–water partition coefficient (Wildman–Crippen LogP) is 3.92. The lowest BCUT2D eigenvalue weighted by Crippen LogP contribution is -2.27. The zero-order valence-electron chi connectivity index (χ0n) is 12.7. The second kappa shape index (κ2) is 6.48. The minimum atomic E-state index is -0.713. The molecule has 0 bridgehead atoms. The maximum Gasteiger partial charge on any atom is 0.269 e. The van der Waals surface area contributed by atoms with Crippen LogP contribution in [0.3, 0.4) is 0 Å². The molecule has 1 heterocycles. The van der Waals surface area contributed by atoms with Gasteiger partial charge in [0.15, 0.2) is 0 Å². The molecule has 0 fully saturated rings. The first-order valence-electron chi connectivity index (χ1n) is 7.01. The van der Waals surface area contributed by atoms with E-state index in [1.54, 1.807) is 18.9 Å². The third-order valence-electron chi connectivity index (χ3n) is 3.63. The Kier molecular flexibility index (Phi) is 4.86. The van der Waals surface area contributed by atoms with Gasteiger partial charge in [-0.2, -0.15) is 0 Å². The second-order valence-electron chi connectivity index (χ2n) is 4.89. The van der Waals surface area contributed by atoms with Crippen molar-refractivity contribution < 1.29 is 8.78 Å². The van der Waals surface area contributed by atoms with Gasteiger partial charge in [-0.25, -0.2) is 8.78 Å². The van der Waals surface area contributed by atoms with Gasteiger partial charge in [0.05, 0.1) is 16.9 Å². The number of pyridine rings is 1. The number of halogens is 3. The summed E-state index contributed by atoms with van der Waals surface area (Å²) >= 11 is 5.99. The van der Waals surface area contributed by atoms with Gasteiger partial charge < -0.3 is 9.47 Å². The van der Waals surface area contributed by atoms with Crippen molar-refractivity contribution in [2.75, 3.05) is 18.5 Å². The minimum Gasteiger partial charge on any atom is -0.373 e. The Labute approximate surface area is 132 Å². The zero-order chi connectivity index (χ0) is 16.4. The number of nitrogens with zero attached hydrogens (tertiary/aromatic N) is 2. The molecule has 0 amide bonds. The summed E-state index contributed by atoms with van der Waals surface area (Å²) in [6.45, 7) is 4.49. The van der Waals surface area contributed by atoms with Crippen LogP contribution in [-0.2, 0) is 6.54 Å². The molecule has 0 spiro atoms. The molecule has 0 saturated heterocycles. The van der Waals surface area contributed by atoms with E-state index in [0.29, 0.717) is 12.2 Å². The van der Waals surface area contributed by atoms with E-state index in [2.05, 4.69) is 0 Å². The summed E-state index contributed by atoms with van der Waals surface area (Å²) < 4.78 is 29.7. The monoisotopic (exact) mass is 326 g/mol. The highest BCUT2D eigenvalue weighted by atomic mass is 35.5. The SMILES string of the molecule is CCN(C)c1cc(Cl)c(=O)n(CC)c1-c1c(F)cccc1F. The van der Waals surface area contributed by atoms with Crippen molar-refractivity contribution in [3.05, 3.63) is 51.3 Å². The van der Waals surface area contributed by atoms with Crippen LogP contribution in [0.2, 0.25) is 5.02 Å². The molecule has 0 aliphatic rings. The minimum absolute atomic E-state index is 0.0256. The zero-order valence-corrected chi connectivity index (χ0v) is 13.4. The van der Waals surface area contributed by atoms with Gasteiger partial charge in [0.25, 0.3) is 5.56 Å². The van der Waals surface area contributed by atoms with Crippen molar-refractivity contribution in [2.45, 2.75) is 20.4 Å². The first-order valence-corrected chi connectivity index (χ1v) is 7.39. The Hall–Kier alpha value is -1.88. The van der Waals surface area contributed by atoms with E-state index in [0.717, 1.165) is 0 Å². The summed E-state index contributed by atoms with van der Waals surface area (Å²) in [7, 11) is 1.78. The van der Waals surface area contributed by atoms with Gasteiger partial charge in [0, 0.05) is 20.1 Å². The van der Waals surface area contributed by atoms with Crippen molar-refractivity contribution in [3.8, 4) is 11.3 Å². The Morgan fingerprint density at radius 1 is 1.23 bits per heavy atom. The lowest BCUT2D eigenvalue weighted by molar-refractivity contribution is 0.584. The molecule has 118 valence electrons. The fourth-order valence-electron chi connectivity index (χ4n) is 2.37. The molecule has 0 atom stereocenters. The van der Waals surface area contributed by atoms with Crippen molar-refractivity contribution in [1.29, 1.82) is 0 Å². The van der Waals surface area contributed by atoms with E-state index in [1.807, 2.05) is 6.92 Å². The van der Waals surface area contributed by atoms with E-state index in [9.17, 15) is 13.6 Å². The van der Waals surface area contributed by atoms with Crippen molar-refractivity contribution >= 4 is 17.3 Å².